The third kappa shape index (κ3) is 2.14. The number of hydrogen-bond acceptors (Lipinski definition) is 7. The predicted molar refractivity (Wildman–Crippen MR) is 73.0 cm³/mol. The molecule has 6 fully saturated rings. The van der Waals surface area contributed by atoms with E-state index in [1.807, 2.05) is 0 Å². The molecule has 25 heavy (non-hydrogen) atoms. The zero-order valence-electron chi connectivity index (χ0n) is 13.5. The molecule has 4 atom stereocenters. The van der Waals surface area contributed by atoms with Gasteiger partial charge in [0.2, 0.25) is 0 Å². The molecular weight excluding hydrogens is 342 g/mol. The van der Waals surface area contributed by atoms with E-state index in [-0.39, 0.29) is 17.8 Å². The van der Waals surface area contributed by atoms with Gasteiger partial charge < -0.3 is 23.7 Å². The molecule has 0 N–H and O–H groups in total. The highest BCUT2D eigenvalue weighted by Crippen LogP contribution is 2.65. The smallest absolute Gasteiger partial charge is 0.455 e. The van der Waals surface area contributed by atoms with Crippen LogP contribution >= 0.6 is 0 Å². The SMILES string of the molecule is CC(F)(F)C(=O)OC12CC3CC(C1)C1(OC4OC(=O)OC4O1)C(C3)C2. The number of hydrogen-bond donors (Lipinski definition) is 0. The lowest BCUT2D eigenvalue weighted by Gasteiger charge is -2.61. The van der Waals surface area contributed by atoms with Gasteiger partial charge in [-0.15, -0.1) is 0 Å². The molecule has 7 nitrogen and oxygen atoms in total. The maximum Gasteiger partial charge on any atom is 0.513 e. The molecule has 4 aliphatic carbocycles. The van der Waals surface area contributed by atoms with Crippen LogP contribution in [-0.2, 0) is 28.5 Å². The van der Waals surface area contributed by atoms with Crippen LogP contribution in [0.15, 0.2) is 0 Å². The number of rotatable bonds is 2. The summed E-state index contributed by atoms with van der Waals surface area (Å²) in [6.07, 6.45) is 0.356. The van der Waals surface area contributed by atoms with E-state index in [1.54, 1.807) is 0 Å². The lowest BCUT2D eigenvalue weighted by atomic mass is 9.51. The van der Waals surface area contributed by atoms with Crippen LogP contribution in [0.5, 0.6) is 0 Å². The Morgan fingerprint density at radius 3 is 2.20 bits per heavy atom. The molecule has 2 heterocycles. The van der Waals surface area contributed by atoms with Gasteiger partial charge in [0.1, 0.15) is 5.60 Å². The molecule has 6 rings (SSSR count). The van der Waals surface area contributed by atoms with E-state index in [0.717, 1.165) is 12.8 Å². The Bertz CT molecular complexity index is 611. The highest BCUT2D eigenvalue weighted by atomic mass is 19.3. The van der Waals surface area contributed by atoms with Gasteiger partial charge in [0.15, 0.2) is 5.79 Å². The fourth-order valence-corrected chi connectivity index (χ4v) is 5.53. The molecular formula is C16H18F2O7. The molecule has 4 saturated carbocycles. The lowest BCUT2D eigenvalue weighted by molar-refractivity contribution is -0.341. The zero-order valence-corrected chi connectivity index (χ0v) is 13.5. The second-order valence-electron chi connectivity index (χ2n) is 7.98. The van der Waals surface area contributed by atoms with Gasteiger partial charge >= 0.3 is 18.0 Å². The molecule has 9 heteroatoms. The quantitative estimate of drug-likeness (QED) is 0.699. The number of fused-ring (bicyclic) bond motifs is 1. The minimum Gasteiger partial charge on any atom is -0.455 e. The fourth-order valence-electron chi connectivity index (χ4n) is 5.53. The van der Waals surface area contributed by atoms with Gasteiger partial charge in [-0.25, -0.2) is 9.59 Å². The second-order valence-corrected chi connectivity index (χ2v) is 7.98. The van der Waals surface area contributed by atoms with Gasteiger partial charge in [0.25, 0.3) is 12.6 Å². The Morgan fingerprint density at radius 1 is 1.12 bits per heavy atom. The first-order valence-electron chi connectivity index (χ1n) is 8.53. The molecule has 4 bridgehead atoms. The average Bonchev–Trinajstić information content (AvgIpc) is 2.98. The molecule has 0 aromatic heterocycles. The van der Waals surface area contributed by atoms with E-state index in [1.165, 1.54) is 0 Å². The largest absolute Gasteiger partial charge is 0.513 e. The van der Waals surface area contributed by atoms with Gasteiger partial charge in [-0.2, -0.15) is 8.78 Å². The van der Waals surface area contributed by atoms with Crippen LogP contribution < -0.4 is 0 Å². The summed E-state index contributed by atoms with van der Waals surface area (Å²) in [6, 6.07) is 0. The second kappa shape index (κ2) is 4.62. The minimum absolute atomic E-state index is 0.120. The third-order valence-electron chi connectivity index (χ3n) is 6.19. The van der Waals surface area contributed by atoms with Crippen molar-refractivity contribution in [1.82, 2.24) is 0 Å². The van der Waals surface area contributed by atoms with Gasteiger partial charge in [-0.3, -0.25) is 0 Å². The molecule has 2 saturated heterocycles. The summed E-state index contributed by atoms with van der Waals surface area (Å²) in [5, 5.41) is 0. The molecule has 1 spiro atoms. The van der Waals surface area contributed by atoms with Crippen molar-refractivity contribution in [2.45, 2.75) is 68.9 Å². The van der Waals surface area contributed by atoms with Crippen LogP contribution in [0, 0.1) is 17.8 Å². The van der Waals surface area contributed by atoms with Crippen molar-refractivity contribution >= 4 is 12.1 Å². The first-order chi connectivity index (χ1) is 11.7. The van der Waals surface area contributed by atoms with Crippen molar-refractivity contribution in [2.75, 3.05) is 0 Å². The summed E-state index contributed by atoms with van der Waals surface area (Å²) in [4.78, 5) is 22.9. The van der Waals surface area contributed by atoms with E-state index in [9.17, 15) is 18.4 Å². The van der Waals surface area contributed by atoms with Crippen LogP contribution in [0.4, 0.5) is 13.6 Å². The van der Waals surface area contributed by atoms with Crippen LogP contribution in [0.1, 0.15) is 39.0 Å². The third-order valence-corrected chi connectivity index (χ3v) is 6.19. The van der Waals surface area contributed by atoms with Crippen molar-refractivity contribution in [2.24, 2.45) is 17.8 Å². The van der Waals surface area contributed by atoms with Crippen molar-refractivity contribution in [1.29, 1.82) is 0 Å². The Hall–Kier alpha value is -1.48. The minimum atomic E-state index is -3.51. The van der Waals surface area contributed by atoms with Gasteiger partial charge in [0, 0.05) is 18.8 Å². The number of carbonyl (C=O) groups is 2. The van der Waals surface area contributed by atoms with E-state index < -0.39 is 42.0 Å². The van der Waals surface area contributed by atoms with Crippen LogP contribution in [0.3, 0.4) is 0 Å². The first-order valence-corrected chi connectivity index (χ1v) is 8.53. The first kappa shape index (κ1) is 15.7. The molecule has 4 unspecified atom stereocenters. The summed E-state index contributed by atoms with van der Waals surface area (Å²) in [5.74, 6) is -5.92. The van der Waals surface area contributed by atoms with Crippen molar-refractivity contribution in [3.05, 3.63) is 0 Å². The van der Waals surface area contributed by atoms with Gasteiger partial charge in [-0.05, 0) is 38.0 Å². The van der Waals surface area contributed by atoms with E-state index in [4.69, 9.17) is 23.7 Å². The van der Waals surface area contributed by atoms with E-state index in [2.05, 4.69) is 0 Å². The highest BCUT2D eigenvalue weighted by Gasteiger charge is 2.71. The Balaban J connectivity index is 1.40. The number of ether oxygens (including phenoxy) is 5. The topological polar surface area (TPSA) is 80.3 Å². The van der Waals surface area contributed by atoms with E-state index >= 15 is 0 Å². The average molecular weight is 360 g/mol. The summed E-state index contributed by atoms with van der Waals surface area (Å²) in [7, 11) is 0. The Morgan fingerprint density at radius 2 is 1.68 bits per heavy atom. The predicted octanol–water partition coefficient (Wildman–Crippen LogP) is 2.33. The lowest BCUT2D eigenvalue weighted by Crippen LogP contribution is -2.65. The number of carbonyl (C=O) groups excluding carboxylic acids is 2. The molecule has 138 valence electrons. The fraction of sp³-hybridized carbons (Fsp3) is 0.875. The number of alkyl halides is 2. The summed E-state index contributed by atoms with van der Waals surface area (Å²) >= 11 is 0. The Kier molecular flexibility index (Phi) is 2.91. The molecule has 6 aliphatic rings. The standard InChI is InChI=1S/C16H18F2O7/c1-14(17,18)12(19)25-15-4-7-2-8(5-15)16(9(3-7)6-15)23-10-11(24-16)22-13(20)21-10/h7-11H,2-6H2,1H3. The summed E-state index contributed by atoms with van der Waals surface area (Å²) in [5.41, 5.74) is -0.889. The van der Waals surface area contributed by atoms with Crippen LogP contribution in [0.25, 0.3) is 0 Å². The monoisotopic (exact) mass is 360 g/mol. The Labute approximate surface area is 141 Å². The van der Waals surface area contributed by atoms with Crippen LogP contribution in [0.2, 0.25) is 0 Å². The number of esters is 1. The van der Waals surface area contributed by atoms with Crippen LogP contribution in [-0.4, -0.2) is 42.0 Å². The molecule has 0 radical (unpaired) electrons. The molecule has 0 amide bonds. The maximum atomic E-state index is 13.3. The van der Waals surface area contributed by atoms with Gasteiger partial charge in [-0.1, -0.05) is 0 Å². The highest BCUT2D eigenvalue weighted by molar-refractivity contribution is 5.77. The molecule has 0 aromatic carbocycles. The van der Waals surface area contributed by atoms with Crippen molar-refractivity contribution in [3.8, 4) is 0 Å². The maximum absolute atomic E-state index is 13.3. The van der Waals surface area contributed by atoms with E-state index in [0.29, 0.717) is 26.2 Å². The summed E-state index contributed by atoms with van der Waals surface area (Å²) in [6.45, 7) is 0.549. The van der Waals surface area contributed by atoms with Crippen molar-refractivity contribution in [3.63, 3.8) is 0 Å². The van der Waals surface area contributed by atoms with Crippen molar-refractivity contribution < 1.29 is 42.1 Å². The zero-order chi connectivity index (χ0) is 17.6. The molecule has 0 aromatic rings. The van der Waals surface area contributed by atoms with Gasteiger partial charge in [0.05, 0.1) is 0 Å². The molecule has 2 aliphatic heterocycles. The normalized spacial score (nSPS) is 49.9. The summed E-state index contributed by atoms with van der Waals surface area (Å²) < 4.78 is 53.7. The number of halogens is 2.